The van der Waals surface area contributed by atoms with E-state index in [0.29, 0.717) is 5.41 Å². The molecule has 0 saturated heterocycles. The molecule has 1 aromatic heterocycles. The van der Waals surface area contributed by atoms with E-state index in [1.165, 1.54) is 40.8 Å². The van der Waals surface area contributed by atoms with Crippen molar-refractivity contribution in [2.24, 2.45) is 5.41 Å². The first-order valence-electron chi connectivity index (χ1n) is 8.38. The summed E-state index contributed by atoms with van der Waals surface area (Å²) < 4.78 is 5.65. The van der Waals surface area contributed by atoms with E-state index >= 15 is 0 Å². The van der Waals surface area contributed by atoms with E-state index in [1.54, 1.807) is 17.6 Å². The van der Waals surface area contributed by atoms with Gasteiger partial charge in [0.2, 0.25) is 0 Å². The van der Waals surface area contributed by atoms with Gasteiger partial charge in [0, 0.05) is 21.9 Å². The van der Waals surface area contributed by atoms with Gasteiger partial charge < -0.3 is 10.1 Å². The SMILES string of the molecule is CNCc1ccc(OC)c(-c2sc3c(c2C)CC(C)(C)CC3)c1. The maximum Gasteiger partial charge on any atom is 0.127 e. The van der Waals surface area contributed by atoms with Gasteiger partial charge in [-0.15, -0.1) is 11.3 Å². The molecule has 0 atom stereocenters. The number of aryl methyl sites for hydroxylation is 1. The molecule has 2 aromatic rings. The Kier molecular flexibility index (Phi) is 4.52. The lowest BCUT2D eigenvalue weighted by Crippen LogP contribution is -2.21. The van der Waals surface area contributed by atoms with Gasteiger partial charge in [0.1, 0.15) is 5.75 Å². The fourth-order valence-electron chi connectivity index (χ4n) is 3.56. The minimum atomic E-state index is 0.425. The number of thiophene rings is 1. The van der Waals surface area contributed by atoms with Gasteiger partial charge in [-0.2, -0.15) is 0 Å². The minimum Gasteiger partial charge on any atom is -0.496 e. The van der Waals surface area contributed by atoms with Crippen molar-refractivity contribution in [1.82, 2.24) is 5.32 Å². The zero-order valence-corrected chi connectivity index (χ0v) is 15.7. The maximum atomic E-state index is 5.65. The standard InChI is InChI=1S/C20H27NOS/c1-13-16-11-20(2,3)9-8-18(16)23-19(13)15-10-14(12-21-4)6-7-17(15)22-5/h6-7,10,21H,8-9,11-12H2,1-5H3. The summed E-state index contributed by atoms with van der Waals surface area (Å²) in [5, 5.41) is 3.24. The Labute approximate surface area is 143 Å². The molecule has 3 heteroatoms. The van der Waals surface area contributed by atoms with E-state index < -0.39 is 0 Å². The van der Waals surface area contributed by atoms with Crippen molar-refractivity contribution in [3.05, 3.63) is 39.8 Å². The third-order valence-corrected chi connectivity index (χ3v) is 6.36. The maximum absolute atomic E-state index is 5.65. The second kappa shape index (κ2) is 6.29. The predicted octanol–water partition coefficient (Wildman–Crippen LogP) is 4.97. The van der Waals surface area contributed by atoms with Crippen LogP contribution < -0.4 is 10.1 Å². The lowest BCUT2D eigenvalue weighted by atomic mass is 9.76. The molecule has 0 spiro atoms. The van der Waals surface area contributed by atoms with E-state index in [4.69, 9.17) is 4.74 Å². The number of rotatable bonds is 4. The van der Waals surface area contributed by atoms with Crippen molar-refractivity contribution >= 4 is 11.3 Å². The fraction of sp³-hybridized carbons (Fsp3) is 0.500. The highest BCUT2D eigenvalue weighted by Crippen LogP contribution is 2.46. The Hall–Kier alpha value is -1.32. The highest BCUT2D eigenvalue weighted by molar-refractivity contribution is 7.16. The van der Waals surface area contributed by atoms with Crippen LogP contribution in [-0.2, 0) is 19.4 Å². The second-order valence-electron chi connectivity index (χ2n) is 7.36. The molecule has 23 heavy (non-hydrogen) atoms. The zero-order chi connectivity index (χ0) is 16.6. The Morgan fingerprint density at radius 2 is 2.09 bits per heavy atom. The third-order valence-electron chi connectivity index (χ3n) is 4.93. The summed E-state index contributed by atoms with van der Waals surface area (Å²) >= 11 is 1.97. The molecule has 1 aromatic carbocycles. The van der Waals surface area contributed by atoms with Crippen LogP contribution >= 0.6 is 11.3 Å². The number of hydrogen-bond acceptors (Lipinski definition) is 3. The first-order chi connectivity index (χ1) is 10.9. The molecular weight excluding hydrogens is 302 g/mol. The summed E-state index contributed by atoms with van der Waals surface area (Å²) in [5.41, 5.74) is 6.01. The molecule has 0 aliphatic heterocycles. The Morgan fingerprint density at radius 1 is 1.30 bits per heavy atom. The van der Waals surface area contributed by atoms with Gasteiger partial charge in [0.15, 0.2) is 0 Å². The van der Waals surface area contributed by atoms with E-state index in [0.717, 1.165) is 12.3 Å². The lowest BCUT2D eigenvalue weighted by molar-refractivity contribution is 0.317. The first kappa shape index (κ1) is 16.5. The number of methoxy groups -OCH3 is 1. The van der Waals surface area contributed by atoms with E-state index in [9.17, 15) is 0 Å². The molecule has 124 valence electrons. The second-order valence-corrected chi connectivity index (χ2v) is 8.47. The normalized spacial score (nSPS) is 16.2. The predicted molar refractivity (Wildman–Crippen MR) is 99.6 cm³/mol. The molecule has 1 N–H and O–H groups in total. The number of nitrogens with one attached hydrogen (secondary N) is 1. The average molecular weight is 330 g/mol. The van der Waals surface area contributed by atoms with Crippen molar-refractivity contribution in [2.45, 2.75) is 46.6 Å². The highest BCUT2D eigenvalue weighted by atomic mass is 32.1. The van der Waals surface area contributed by atoms with Crippen LogP contribution in [0.2, 0.25) is 0 Å². The summed E-state index contributed by atoms with van der Waals surface area (Å²) in [6, 6.07) is 6.53. The summed E-state index contributed by atoms with van der Waals surface area (Å²) in [5.74, 6) is 0.978. The smallest absolute Gasteiger partial charge is 0.127 e. The van der Waals surface area contributed by atoms with Gasteiger partial charge in [0.05, 0.1) is 7.11 Å². The van der Waals surface area contributed by atoms with Crippen LogP contribution in [0.15, 0.2) is 18.2 Å². The molecule has 0 amide bonds. The van der Waals surface area contributed by atoms with Gasteiger partial charge in [0.25, 0.3) is 0 Å². The molecular formula is C20H27NOS. The Bertz CT molecular complexity index is 715. The summed E-state index contributed by atoms with van der Waals surface area (Å²) in [6.45, 7) is 7.95. The molecule has 0 unspecified atom stereocenters. The molecule has 2 nitrogen and oxygen atoms in total. The first-order valence-corrected chi connectivity index (χ1v) is 9.20. The zero-order valence-electron chi connectivity index (χ0n) is 14.9. The minimum absolute atomic E-state index is 0.425. The van der Waals surface area contributed by atoms with Crippen LogP contribution in [0.25, 0.3) is 10.4 Å². The van der Waals surface area contributed by atoms with Crippen molar-refractivity contribution in [3.63, 3.8) is 0 Å². The van der Waals surface area contributed by atoms with E-state index in [1.807, 2.05) is 18.4 Å². The van der Waals surface area contributed by atoms with Crippen molar-refractivity contribution in [3.8, 4) is 16.2 Å². The van der Waals surface area contributed by atoms with Crippen molar-refractivity contribution in [2.75, 3.05) is 14.2 Å². The summed E-state index contributed by atoms with van der Waals surface area (Å²) in [6.07, 6.45) is 3.70. The molecule has 0 bridgehead atoms. The quantitative estimate of drug-likeness (QED) is 0.855. The average Bonchev–Trinajstić information content (AvgIpc) is 2.83. The van der Waals surface area contributed by atoms with Gasteiger partial charge >= 0.3 is 0 Å². The molecule has 1 aliphatic rings. The van der Waals surface area contributed by atoms with E-state index in [2.05, 4.69) is 44.3 Å². The lowest BCUT2D eigenvalue weighted by Gasteiger charge is -2.29. The number of ether oxygens (including phenoxy) is 1. The van der Waals surface area contributed by atoms with Crippen LogP contribution in [-0.4, -0.2) is 14.2 Å². The van der Waals surface area contributed by atoms with Gasteiger partial charge in [-0.3, -0.25) is 0 Å². The number of benzene rings is 1. The Balaban J connectivity index is 2.09. The van der Waals surface area contributed by atoms with Crippen molar-refractivity contribution < 1.29 is 4.74 Å². The largest absolute Gasteiger partial charge is 0.496 e. The van der Waals surface area contributed by atoms with Gasteiger partial charge in [-0.25, -0.2) is 0 Å². The number of fused-ring (bicyclic) bond motifs is 1. The molecule has 0 radical (unpaired) electrons. The van der Waals surface area contributed by atoms with Crippen LogP contribution in [0.5, 0.6) is 5.75 Å². The van der Waals surface area contributed by atoms with Crippen molar-refractivity contribution in [1.29, 1.82) is 0 Å². The van der Waals surface area contributed by atoms with Crippen LogP contribution in [0.4, 0.5) is 0 Å². The Morgan fingerprint density at radius 3 is 2.78 bits per heavy atom. The topological polar surface area (TPSA) is 21.3 Å². The van der Waals surface area contributed by atoms with Crippen LogP contribution in [0.1, 0.15) is 41.8 Å². The van der Waals surface area contributed by atoms with Crippen LogP contribution in [0, 0.1) is 12.3 Å². The summed E-state index contributed by atoms with van der Waals surface area (Å²) in [4.78, 5) is 2.97. The molecule has 3 rings (SSSR count). The third kappa shape index (κ3) is 3.17. The molecule has 1 heterocycles. The van der Waals surface area contributed by atoms with Crippen LogP contribution in [0.3, 0.4) is 0 Å². The monoisotopic (exact) mass is 329 g/mol. The molecule has 1 aliphatic carbocycles. The summed E-state index contributed by atoms with van der Waals surface area (Å²) in [7, 11) is 3.75. The van der Waals surface area contributed by atoms with Gasteiger partial charge in [-0.05, 0) is 67.5 Å². The fourth-order valence-corrected chi connectivity index (χ4v) is 4.91. The number of hydrogen-bond donors (Lipinski definition) is 1. The molecule has 0 saturated carbocycles. The van der Waals surface area contributed by atoms with Gasteiger partial charge in [-0.1, -0.05) is 19.9 Å². The van der Waals surface area contributed by atoms with E-state index in [-0.39, 0.29) is 0 Å². The molecule has 0 fully saturated rings. The highest BCUT2D eigenvalue weighted by Gasteiger charge is 2.29.